The molecule has 2 nitrogen and oxygen atoms in total. The van der Waals surface area contributed by atoms with Crippen LogP contribution >= 0.6 is 0 Å². The lowest BCUT2D eigenvalue weighted by atomic mass is 10.1. The highest BCUT2D eigenvalue weighted by Crippen LogP contribution is 1.99. The molecular weight excluding hydrogens is 102 g/mol. The van der Waals surface area contributed by atoms with E-state index >= 15 is 0 Å². The van der Waals surface area contributed by atoms with Gasteiger partial charge in [-0.05, 0) is 6.42 Å². The number of aliphatic hydroxyl groups is 1. The van der Waals surface area contributed by atoms with Crippen molar-refractivity contribution >= 4 is 0 Å². The Morgan fingerprint density at radius 3 is 2.62 bits per heavy atom. The normalized spacial score (nSPS) is 12.1. The molecule has 1 N–H and O–H groups in total. The topological polar surface area (TPSA) is 44.0 Å². The van der Waals surface area contributed by atoms with E-state index in [1.54, 1.807) is 13.0 Å². The molecule has 0 rings (SSSR count). The van der Waals surface area contributed by atoms with Crippen LogP contribution in [0.2, 0.25) is 0 Å². The highest BCUT2D eigenvalue weighted by atomic mass is 16.3. The SMILES string of the molecule is C=C(C#N)C(O)CC. The molecule has 1 atom stereocenters. The summed E-state index contributed by atoms with van der Waals surface area (Å²) in [5, 5.41) is 16.9. The second-order valence-corrected chi connectivity index (χ2v) is 1.56. The van der Waals surface area contributed by atoms with Gasteiger partial charge in [-0.3, -0.25) is 0 Å². The molecule has 0 saturated heterocycles. The standard InChI is InChI=1S/C6H9NO/c1-3-6(8)5(2)4-7/h6,8H,2-3H2,1H3. The maximum absolute atomic E-state index is 8.80. The lowest BCUT2D eigenvalue weighted by molar-refractivity contribution is 0.212. The zero-order chi connectivity index (χ0) is 6.57. The van der Waals surface area contributed by atoms with E-state index < -0.39 is 6.10 Å². The quantitative estimate of drug-likeness (QED) is 0.536. The van der Waals surface area contributed by atoms with Crippen LogP contribution in [0, 0.1) is 11.3 Å². The number of rotatable bonds is 2. The van der Waals surface area contributed by atoms with Crippen molar-refractivity contribution in [2.75, 3.05) is 0 Å². The largest absolute Gasteiger partial charge is 0.388 e. The summed E-state index contributed by atoms with van der Waals surface area (Å²) in [7, 11) is 0. The summed E-state index contributed by atoms with van der Waals surface area (Å²) in [6, 6.07) is 1.77. The average molecular weight is 111 g/mol. The molecule has 0 saturated carbocycles. The third-order valence-corrected chi connectivity index (χ3v) is 0.933. The first-order valence-electron chi connectivity index (χ1n) is 2.49. The predicted octanol–water partition coefficient (Wildman–Crippen LogP) is 0.837. The third kappa shape index (κ3) is 1.76. The molecule has 0 aliphatic rings. The van der Waals surface area contributed by atoms with Crippen molar-refractivity contribution < 1.29 is 5.11 Å². The van der Waals surface area contributed by atoms with Crippen molar-refractivity contribution in [2.45, 2.75) is 19.4 Å². The molecule has 0 aliphatic carbocycles. The highest BCUT2D eigenvalue weighted by Gasteiger charge is 2.02. The van der Waals surface area contributed by atoms with Crippen molar-refractivity contribution in [3.8, 4) is 6.07 Å². The molecule has 0 radical (unpaired) electrons. The highest BCUT2D eigenvalue weighted by molar-refractivity contribution is 5.20. The van der Waals surface area contributed by atoms with Crippen LogP contribution in [0.3, 0.4) is 0 Å². The van der Waals surface area contributed by atoms with Crippen molar-refractivity contribution in [3.63, 3.8) is 0 Å². The van der Waals surface area contributed by atoms with E-state index in [4.69, 9.17) is 10.4 Å². The second kappa shape index (κ2) is 3.23. The average Bonchev–Trinajstić information content (AvgIpc) is 1.84. The van der Waals surface area contributed by atoms with E-state index in [-0.39, 0.29) is 5.57 Å². The lowest BCUT2D eigenvalue weighted by Gasteiger charge is -2.00. The fourth-order valence-electron chi connectivity index (χ4n) is 0.321. The lowest BCUT2D eigenvalue weighted by Crippen LogP contribution is -2.04. The molecule has 0 aromatic heterocycles. The molecule has 0 spiro atoms. The van der Waals surface area contributed by atoms with E-state index in [9.17, 15) is 0 Å². The van der Waals surface area contributed by atoms with E-state index in [2.05, 4.69) is 6.58 Å². The zero-order valence-corrected chi connectivity index (χ0v) is 4.89. The van der Waals surface area contributed by atoms with Crippen molar-refractivity contribution in [3.05, 3.63) is 12.2 Å². The number of aliphatic hydroxyl groups excluding tert-OH is 1. The number of hydrogen-bond acceptors (Lipinski definition) is 2. The van der Waals surface area contributed by atoms with Gasteiger partial charge < -0.3 is 5.11 Å². The van der Waals surface area contributed by atoms with Crippen molar-refractivity contribution in [2.24, 2.45) is 0 Å². The summed E-state index contributed by atoms with van der Waals surface area (Å²) in [5.74, 6) is 0. The van der Waals surface area contributed by atoms with Crippen molar-refractivity contribution in [1.82, 2.24) is 0 Å². The Morgan fingerprint density at radius 1 is 2.00 bits per heavy atom. The van der Waals surface area contributed by atoms with Crippen LogP contribution in [0.1, 0.15) is 13.3 Å². The molecule has 0 amide bonds. The first kappa shape index (κ1) is 7.19. The van der Waals surface area contributed by atoms with Crippen LogP contribution in [-0.2, 0) is 0 Å². The number of nitrogens with zero attached hydrogens (tertiary/aromatic N) is 1. The predicted molar refractivity (Wildman–Crippen MR) is 31.1 cm³/mol. The minimum atomic E-state index is -0.639. The summed E-state index contributed by atoms with van der Waals surface area (Å²) < 4.78 is 0. The van der Waals surface area contributed by atoms with E-state index in [1.807, 2.05) is 0 Å². The first-order chi connectivity index (χ1) is 3.72. The Hall–Kier alpha value is -0.810. The van der Waals surface area contributed by atoms with Crippen LogP contribution in [0.15, 0.2) is 12.2 Å². The van der Waals surface area contributed by atoms with Crippen LogP contribution in [0.4, 0.5) is 0 Å². The molecule has 0 aliphatic heterocycles. The fourth-order valence-corrected chi connectivity index (χ4v) is 0.321. The van der Waals surface area contributed by atoms with Crippen LogP contribution in [-0.4, -0.2) is 11.2 Å². The minimum Gasteiger partial charge on any atom is -0.388 e. The van der Waals surface area contributed by atoms with E-state index in [1.165, 1.54) is 0 Å². The minimum absolute atomic E-state index is 0.243. The Kier molecular flexibility index (Phi) is 2.90. The summed E-state index contributed by atoms with van der Waals surface area (Å²) in [6.45, 7) is 5.13. The number of hydrogen-bond donors (Lipinski definition) is 1. The van der Waals surface area contributed by atoms with Crippen LogP contribution in [0.5, 0.6) is 0 Å². The molecule has 0 fully saturated rings. The maximum atomic E-state index is 8.80. The smallest absolute Gasteiger partial charge is 0.0968 e. The number of nitriles is 1. The van der Waals surface area contributed by atoms with Gasteiger partial charge in [0.05, 0.1) is 17.7 Å². The Labute approximate surface area is 49.1 Å². The van der Waals surface area contributed by atoms with Gasteiger partial charge in [0.1, 0.15) is 0 Å². The van der Waals surface area contributed by atoms with Gasteiger partial charge in [-0.1, -0.05) is 13.5 Å². The Morgan fingerprint density at radius 2 is 2.50 bits per heavy atom. The molecule has 0 heterocycles. The van der Waals surface area contributed by atoms with Gasteiger partial charge >= 0.3 is 0 Å². The van der Waals surface area contributed by atoms with Crippen LogP contribution in [0.25, 0.3) is 0 Å². The Bertz CT molecular complexity index is 123. The van der Waals surface area contributed by atoms with Gasteiger partial charge in [-0.25, -0.2) is 0 Å². The summed E-state index contributed by atoms with van der Waals surface area (Å²) >= 11 is 0. The third-order valence-electron chi connectivity index (χ3n) is 0.933. The van der Waals surface area contributed by atoms with Gasteiger partial charge in [-0.15, -0.1) is 0 Å². The zero-order valence-electron chi connectivity index (χ0n) is 4.89. The molecule has 0 aromatic carbocycles. The molecule has 1 unspecified atom stereocenters. The first-order valence-corrected chi connectivity index (χ1v) is 2.49. The van der Waals surface area contributed by atoms with E-state index in [0.29, 0.717) is 6.42 Å². The van der Waals surface area contributed by atoms with Gasteiger partial charge in [0, 0.05) is 0 Å². The molecular formula is C6H9NO. The second-order valence-electron chi connectivity index (χ2n) is 1.56. The van der Waals surface area contributed by atoms with Crippen molar-refractivity contribution in [1.29, 1.82) is 5.26 Å². The van der Waals surface area contributed by atoms with Gasteiger partial charge in [0.15, 0.2) is 0 Å². The van der Waals surface area contributed by atoms with Gasteiger partial charge in [-0.2, -0.15) is 5.26 Å². The maximum Gasteiger partial charge on any atom is 0.0968 e. The van der Waals surface area contributed by atoms with E-state index in [0.717, 1.165) is 0 Å². The van der Waals surface area contributed by atoms with Crippen LogP contribution < -0.4 is 0 Å². The Balaban J connectivity index is 3.68. The monoisotopic (exact) mass is 111 g/mol. The molecule has 0 bridgehead atoms. The van der Waals surface area contributed by atoms with Gasteiger partial charge in [0.25, 0.3) is 0 Å². The molecule has 44 valence electrons. The summed E-state index contributed by atoms with van der Waals surface area (Å²) in [5.41, 5.74) is 0.243. The summed E-state index contributed by atoms with van der Waals surface area (Å²) in [6.07, 6.45) is -0.0770. The molecule has 0 aromatic rings. The molecule has 8 heavy (non-hydrogen) atoms. The van der Waals surface area contributed by atoms with Gasteiger partial charge in [0.2, 0.25) is 0 Å². The molecule has 2 heteroatoms. The summed E-state index contributed by atoms with van der Waals surface area (Å²) in [4.78, 5) is 0. The fraction of sp³-hybridized carbons (Fsp3) is 0.500.